The third-order valence-electron chi connectivity index (χ3n) is 5.81. The van der Waals surface area contributed by atoms with Gasteiger partial charge in [-0.25, -0.2) is 9.59 Å². The molecule has 0 aromatic heterocycles. The molecule has 2 aromatic rings. The highest BCUT2D eigenvalue weighted by Crippen LogP contribution is 2.44. The standard InChI is InChI=1S/C26H31N3O7S/c1-16(31)28-23(15-37-12-11-30)24(32)29-22(25(33)35-2)13-27-26(34)36-14-21-19-9-5-3-7-17(19)18-8-4-6-10-20(18)21/h3-10,21-23,30H,11-15H2,1-2H3,(H,27,34)(H,28,31)(H,29,32)/t22-,23-/m0/s1. The lowest BCUT2D eigenvalue weighted by Gasteiger charge is -2.22. The fourth-order valence-corrected chi connectivity index (χ4v) is 4.90. The van der Waals surface area contributed by atoms with Crippen molar-refractivity contribution in [3.63, 3.8) is 0 Å². The average Bonchev–Trinajstić information content (AvgIpc) is 3.22. The van der Waals surface area contributed by atoms with Crippen LogP contribution in [0, 0.1) is 0 Å². The first-order valence-electron chi connectivity index (χ1n) is 11.8. The predicted octanol–water partition coefficient (Wildman–Crippen LogP) is 1.41. The molecule has 0 spiro atoms. The number of rotatable bonds is 12. The van der Waals surface area contributed by atoms with E-state index >= 15 is 0 Å². The van der Waals surface area contributed by atoms with E-state index in [2.05, 4.69) is 16.0 Å². The largest absolute Gasteiger partial charge is 0.467 e. The van der Waals surface area contributed by atoms with Crippen molar-refractivity contribution in [2.45, 2.75) is 24.9 Å². The minimum atomic E-state index is -1.20. The number of benzene rings is 2. The third kappa shape index (κ3) is 7.46. The molecule has 2 aromatic carbocycles. The topological polar surface area (TPSA) is 143 Å². The summed E-state index contributed by atoms with van der Waals surface area (Å²) in [5, 5.41) is 16.5. The summed E-state index contributed by atoms with van der Waals surface area (Å²) in [5.41, 5.74) is 4.34. The van der Waals surface area contributed by atoms with Crippen LogP contribution >= 0.6 is 11.8 Å². The Kier molecular flexibility index (Phi) is 10.3. The van der Waals surface area contributed by atoms with E-state index in [1.54, 1.807) is 0 Å². The second kappa shape index (κ2) is 13.7. The molecule has 1 aliphatic rings. The van der Waals surface area contributed by atoms with E-state index < -0.39 is 36.0 Å². The van der Waals surface area contributed by atoms with E-state index in [-0.39, 0.29) is 31.4 Å². The normalized spacial score (nSPS) is 13.5. The van der Waals surface area contributed by atoms with Crippen molar-refractivity contribution in [2.75, 3.05) is 38.4 Å². The third-order valence-corrected chi connectivity index (χ3v) is 6.85. The van der Waals surface area contributed by atoms with Crippen LogP contribution < -0.4 is 16.0 Å². The Morgan fingerprint density at radius 1 is 0.973 bits per heavy atom. The molecular weight excluding hydrogens is 498 g/mol. The molecule has 0 unspecified atom stereocenters. The molecule has 37 heavy (non-hydrogen) atoms. The lowest BCUT2D eigenvalue weighted by molar-refractivity contribution is -0.145. The van der Waals surface area contributed by atoms with Crippen molar-refractivity contribution < 1.29 is 33.8 Å². The second-order valence-electron chi connectivity index (χ2n) is 8.34. The van der Waals surface area contributed by atoms with E-state index in [9.17, 15) is 19.2 Å². The highest BCUT2D eigenvalue weighted by molar-refractivity contribution is 7.99. The van der Waals surface area contributed by atoms with E-state index in [1.165, 1.54) is 18.7 Å². The number of nitrogens with one attached hydrogen (secondary N) is 3. The monoisotopic (exact) mass is 529 g/mol. The van der Waals surface area contributed by atoms with E-state index in [0.717, 1.165) is 29.4 Å². The Morgan fingerprint density at radius 2 is 1.59 bits per heavy atom. The van der Waals surface area contributed by atoms with E-state index in [4.69, 9.17) is 14.6 Å². The summed E-state index contributed by atoms with van der Waals surface area (Å²) in [5.74, 6) is -1.35. The van der Waals surface area contributed by atoms with Crippen LogP contribution in [0.25, 0.3) is 11.1 Å². The Labute approximate surface area is 219 Å². The number of carbonyl (C=O) groups excluding carboxylic acids is 4. The molecule has 1 aliphatic carbocycles. The second-order valence-corrected chi connectivity index (χ2v) is 9.49. The van der Waals surface area contributed by atoms with Gasteiger partial charge in [0.15, 0.2) is 0 Å². The van der Waals surface area contributed by atoms with Crippen LogP contribution in [0.1, 0.15) is 24.0 Å². The number of carbonyl (C=O) groups is 4. The van der Waals surface area contributed by atoms with Crippen molar-refractivity contribution in [3.05, 3.63) is 59.7 Å². The summed E-state index contributed by atoms with van der Waals surface area (Å²) in [6.45, 7) is 1.02. The maximum atomic E-state index is 12.7. The molecule has 198 valence electrons. The van der Waals surface area contributed by atoms with Crippen molar-refractivity contribution in [2.24, 2.45) is 0 Å². The molecule has 2 atom stereocenters. The zero-order chi connectivity index (χ0) is 26.8. The number of esters is 1. The zero-order valence-corrected chi connectivity index (χ0v) is 21.5. The molecule has 4 N–H and O–H groups in total. The minimum absolute atomic E-state index is 0.0755. The van der Waals surface area contributed by atoms with Crippen LogP contribution in [0.3, 0.4) is 0 Å². The maximum absolute atomic E-state index is 12.7. The summed E-state index contributed by atoms with van der Waals surface area (Å²) in [6, 6.07) is 13.8. The van der Waals surface area contributed by atoms with Crippen LogP contribution in [0.15, 0.2) is 48.5 Å². The number of alkyl carbamates (subject to hydrolysis) is 1. The number of aliphatic hydroxyl groups is 1. The molecule has 0 aliphatic heterocycles. The van der Waals surface area contributed by atoms with Crippen LogP contribution in [-0.4, -0.2) is 79.4 Å². The van der Waals surface area contributed by atoms with Crippen LogP contribution in [0.2, 0.25) is 0 Å². The van der Waals surface area contributed by atoms with Crippen molar-refractivity contribution >= 4 is 35.6 Å². The van der Waals surface area contributed by atoms with Gasteiger partial charge in [0.05, 0.1) is 20.3 Å². The van der Waals surface area contributed by atoms with E-state index in [0.29, 0.717) is 5.75 Å². The fourth-order valence-electron chi connectivity index (χ4n) is 4.14. The van der Waals surface area contributed by atoms with Gasteiger partial charge in [0, 0.05) is 24.3 Å². The lowest BCUT2D eigenvalue weighted by atomic mass is 9.98. The zero-order valence-electron chi connectivity index (χ0n) is 20.7. The first kappa shape index (κ1) is 28.0. The van der Waals surface area contributed by atoms with Crippen molar-refractivity contribution in [3.8, 4) is 11.1 Å². The van der Waals surface area contributed by atoms with Crippen LogP contribution in [-0.2, 0) is 23.9 Å². The van der Waals surface area contributed by atoms with Crippen molar-refractivity contribution in [1.82, 2.24) is 16.0 Å². The Balaban J connectivity index is 1.58. The van der Waals surface area contributed by atoms with Gasteiger partial charge in [-0.3, -0.25) is 9.59 Å². The number of methoxy groups -OCH3 is 1. The van der Waals surface area contributed by atoms with Crippen molar-refractivity contribution in [1.29, 1.82) is 0 Å². The quantitative estimate of drug-likeness (QED) is 0.239. The molecule has 0 saturated carbocycles. The number of ether oxygens (including phenoxy) is 2. The van der Waals surface area contributed by atoms with E-state index in [1.807, 2.05) is 48.5 Å². The SMILES string of the molecule is COC(=O)[C@H](CNC(=O)OCC1c2ccccc2-c2ccccc21)NC(=O)[C@H](CSCCO)NC(C)=O. The lowest BCUT2D eigenvalue weighted by Crippen LogP contribution is -2.55. The Hall–Kier alpha value is -3.57. The Morgan fingerprint density at radius 3 is 2.16 bits per heavy atom. The summed E-state index contributed by atoms with van der Waals surface area (Å²) in [6.07, 6.45) is -0.748. The molecule has 0 heterocycles. The van der Waals surface area contributed by atoms with Gasteiger partial charge in [0.1, 0.15) is 18.7 Å². The molecule has 11 heteroatoms. The summed E-state index contributed by atoms with van der Waals surface area (Å²) >= 11 is 1.27. The first-order valence-corrected chi connectivity index (χ1v) is 12.9. The maximum Gasteiger partial charge on any atom is 0.407 e. The smallest absolute Gasteiger partial charge is 0.407 e. The number of fused-ring (bicyclic) bond motifs is 3. The average molecular weight is 530 g/mol. The molecule has 0 fully saturated rings. The van der Waals surface area contributed by atoms with Gasteiger partial charge in [0.25, 0.3) is 0 Å². The number of thioether (sulfide) groups is 1. The molecule has 10 nitrogen and oxygen atoms in total. The van der Waals surface area contributed by atoms with Crippen LogP contribution in [0.5, 0.6) is 0 Å². The molecule has 0 saturated heterocycles. The van der Waals surface area contributed by atoms with Gasteiger partial charge in [-0.1, -0.05) is 48.5 Å². The van der Waals surface area contributed by atoms with Gasteiger partial charge < -0.3 is 30.5 Å². The summed E-state index contributed by atoms with van der Waals surface area (Å²) < 4.78 is 10.2. The first-order chi connectivity index (χ1) is 17.8. The number of amides is 3. The molecule has 3 rings (SSSR count). The molecule has 0 bridgehead atoms. The molecule has 3 amide bonds. The minimum Gasteiger partial charge on any atom is -0.467 e. The number of hydrogen-bond donors (Lipinski definition) is 4. The number of hydrogen-bond acceptors (Lipinski definition) is 8. The highest BCUT2D eigenvalue weighted by Gasteiger charge is 2.30. The summed E-state index contributed by atoms with van der Waals surface area (Å²) in [4.78, 5) is 49.0. The van der Waals surface area contributed by atoms with Gasteiger partial charge >= 0.3 is 12.1 Å². The predicted molar refractivity (Wildman–Crippen MR) is 139 cm³/mol. The highest BCUT2D eigenvalue weighted by atomic mass is 32.2. The van der Waals surface area contributed by atoms with Gasteiger partial charge in [-0.15, -0.1) is 0 Å². The molecule has 0 radical (unpaired) electrons. The number of aliphatic hydroxyl groups excluding tert-OH is 1. The van der Waals surface area contributed by atoms with Gasteiger partial charge in [-0.05, 0) is 22.3 Å². The molecular formula is C26H31N3O7S. The van der Waals surface area contributed by atoms with Gasteiger partial charge in [-0.2, -0.15) is 11.8 Å². The Bertz CT molecular complexity index is 1080. The fraction of sp³-hybridized carbons (Fsp3) is 0.385. The van der Waals surface area contributed by atoms with Gasteiger partial charge in [0.2, 0.25) is 11.8 Å². The van der Waals surface area contributed by atoms with Crippen LogP contribution in [0.4, 0.5) is 4.79 Å². The summed E-state index contributed by atoms with van der Waals surface area (Å²) in [7, 11) is 1.16.